The quantitative estimate of drug-likeness (QED) is 0.710. The summed E-state index contributed by atoms with van der Waals surface area (Å²) in [5.74, 6) is 3.13. The topological polar surface area (TPSA) is 42.0 Å². The molecule has 1 saturated carbocycles. The largest absolute Gasteiger partial charge is 0.493 e. The number of carbonyl (C=O) groups is 1. The number of amides is 1. The Morgan fingerprint density at radius 2 is 2.04 bits per heavy atom. The van der Waals surface area contributed by atoms with E-state index in [-0.39, 0.29) is 5.91 Å². The first kappa shape index (κ1) is 18.2. The molecule has 5 heteroatoms. The Morgan fingerprint density at radius 3 is 2.82 bits per heavy atom. The molecule has 1 saturated heterocycles. The number of allylic oxidation sites excluding steroid dienone is 2. The molecule has 2 fully saturated rings. The van der Waals surface area contributed by atoms with Crippen molar-refractivity contribution in [1.82, 2.24) is 9.80 Å². The van der Waals surface area contributed by atoms with Gasteiger partial charge in [0.15, 0.2) is 0 Å². The second kappa shape index (κ2) is 7.88. The van der Waals surface area contributed by atoms with E-state index in [1.54, 1.807) is 0 Å². The molecule has 2 heterocycles. The summed E-state index contributed by atoms with van der Waals surface area (Å²) in [6, 6.07) is 5.96. The maximum atomic E-state index is 13.4. The Hall–Kier alpha value is -1.85. The van der Waals surface area contributed by atoms with Crippen molar-refractivity contribution in [1.29, 1.82) is 0 Å². The maximum Gasteiger partial charge on any atom is 0.253 e. The van der Waals surface area contributed by atoms with Crippen LogP contribution in [-0.4, -0.2) is 68.3 Å². The lowest BCUT2D eigenvalue weighted by Gasteiger charge is -2.32. The molecule has 1 aromatic rings. The molecule has 1 amide bonds. The van der Waals surface area contributed by atoms with Gasteiger partial charge >= 0.3 is 0 Å². The predicted octanol–water partition coefficient (Wildman–Crippen LogP) is 2.61. The van der Waals surface area contributed by atoms with E-state index in [0.717, 1.165) is 76.2 Å². The summed E-state index contributed by atoms with van der Waals surface area (Å²) < 4.78 is 11.1. The van der Waals surface area contributed by atoms with Crippen LogP contribution in [0.25, 0.3) is 0 Å². The van der Waals surface area contributed by atoms with Gasteiger partial charge in [0.1, 0.15) is 5.75 Å². The van der Waals surface area contributed by atoms with Gasteiger partial charge in [0.05, 0.1) is 19.8 Å². The van der Waals surface area contributed by atoms with Crippen LogP contribution in [0.2, 0.25) is 0 Å². The van der Waals surface area contributed by atoms with Crippen LogP contribution in [-0.2, 0) is 11.2 Å². The number of benzene rings is 1. The second-order valence-corrected chi connectivity index (χ2v) is 8.67. The second-order valence-electron chi connectivity index (χ2n) is 8.67. The lowest BCUT2D eigenvalue weighted by atomic mass is 9.93. The summed E-state index contributed by atoms with van der Waals surface area (Å²) in [5, 5.41) is 0. The summed E-state index contributed by atoms with van der Waals surface area (Å²) >= 11 is 0. The van der Waals surface area contributed by atoms with Crippen LogP contribution in [0.15, 0.2) is 30.4 Å². The van der Waals surface area contributed by atoms with E-state index in [0.29, 0.717) is 11.8 Å². The summed E-state index contributed by atoms with van der Waals surface area (Å²) in [7, 11) is 0. The molecule has 2 aliphatic carbocycles. The van der Waals surface area contributed by atoms with Crippen molar-refractivity contribution in [3.63, 3.8) is 0 Å². The van der Waals surface area contributed by atoms with E-state index in [2.05, 4.69) is 22.0 Å². The number of nitrogens with zero attached hydrogens (tertiary/aromatic N) is 2. The van der Waals surface area contributed by atoms with E-state index < -0.39 is 0 Å². The molecule has 2 aliphatic heterocycles. The van der Waals surface area contributed by atoms with Crippen LogP contribution in [0.3, 0.4) is 0 Å². The predicted molar refractivity (Wildman–Crippen MR) is 108 cm³/mol. The van der Waals surface area contributed by atoms with Crippen LogP contribution in [0, 0.1) is 17.8 Å². The molecule has 2 bridgehead atoms. The van der Waals surface area contributed by atoms with E-state index in [1.807, 2.05) is 18.2 Å². The van der Waals surface area contributed by atoms with Crippen LogP contribution in [0.1, 0.15) is 28.8 Å². The number of morpholine rings is 1. The van der Waals surface area contributed by atoms with Gasteiger partial charge in [-0.2, -0.15) is 0 Å². The Balaban J connectivity index is 1.30. The van der Waals surface area contributed by atoms with Crippen molar-refractivity contribution in [3.05, 3.63) is 41.5 Å². The Morgan fingerprint density at radius 1 is 1.14 bits per heavy atom. The third-order valence-electron chi connectivity index (χ3n) is 6.88. The van der Waals surface area contributed by atoms with Gasteiger partial charge in [-0.25, -0.2) is 0 Å². The zero-order valence-electron chi connectivity index (χ0n) is 16.5. The zero-order chi connectivity index (χ0) is 18.9. The lowest BCUT2D eigenvalue weighted by molar-refractivity contribution is 0.0313. The molecule has 0 unspecified atom stereocenters. The molecule has 0 aromatic heterocycles. The van der Waals surface area contributed by atoms with Crippen molar-refractivity contribution in [2.45, 2.75) is 19.3 Å². The first-order valence-corrected chi connectivity index (χ1v) is 10.8. The molecule has 0 spiro atoms. The van der Waals surface area contributed by atoms with E-state index in [1.165, 1.54) is 18.4 Å². The molecule has 150 valence electrons. The maximum absolute atomic E-state index is 13.4. The molecular formula is C23H30N2O3. The van der Waals surface area contributed by atoms with Gasteiger partial charge in [0, 0.05) is 44.7 Å². The van der Waals surface area contributed by atoms with Crippen molar-refractivity contribution in [2.24, 2.45) is 17.8 Å². The van der Waals surface area contributed by atoms with Gasteiger partial charge in [-0.15, -0.1) is 0 Å². The summed E-state index contributed by atoms with van der Waals surface area (Å²) in [6.07, 6.45) is 8.19. The van der Waals surface area contributed by atoms with E-state index in [4.69, 9.17) is 9.47 Å². The number of ether oxygens (including phenoxy) is 2. The minimum absolute atomic E-state index is 0.176. The smallest absolute Gasteiger partial charge is 0.253 e. The number of fused-ring (bicyclic) bond motifs is 3. The van der Waals surface area contributed by atoms with Gasteiger partial charge in [-0.1, -0.05) is 12.2 Å². The van der Waals surface area contributed by atoms with E-state index >= 15 is 0 Å². The van der Waals surface area contributed by atoms with Crippen LogP contribution in [0.4, 0.5) is 0 Å². The Bertz CT molecular complexity index is 756. The van der Waals surface area contributed by atoms with Crippen LogP contribution < -0.4 is 4.74 Å². The highest BCUT2D eigenvalue weighted by Crippen LogP contribution is 2.43. The molecule has 3 atom stereocenters. The molecular weight excluding hydrogens is 352 g/mol. The molecule has 0 N–H and O–H groups in total. The number of hydrogen-bond acceptors (Lipinski definition) is 4. The number of carbonyl (C=O) groups excluding carboxylic acids is 1. The molecule has 5 rings (SSSR count). The highest BCUT2D eigenvalue weighted by atomic mass is 16.5. The third-order valence-corrected chi connectivity index (χ3v) is 6.88. The first-order chi connectivity index (χ1) is 13.8. The van der Waals surface area contributed by atoms with Gasteiger partial charge < -0.3 is 14.4 Å². The molecule has 5 nitrogen and oxygen atoms in total. The Labute approximate surface area is 167 Å². The van der Waals surface area contributed by atoms with Gasteiger partial charge in [0.25, 0.3) is 5.91 Å². The fourth-order valence-electron chi connectivity index (χ4n) is 5.25. The fraction of sp³-hybridized carbons (Fsp3) is 0.609. The van der Waals surface area contributed by atoms with Crippen LogP contribution in [0.5, 0.6) is 5.75 Å². The fourth-order valence-corrected chi connectivity index (χ4v) is 5.25. The Kier molecular flexibility index (Phi) is 5.12. The summed E-state index contributed by atoms with van der Waals surface area (Å²) in [4.78, 5) is 18.0. The molecule has 1 aromatic carbocycles. The number of rotatable bonds is 6. The minimum Gasteiger partial charge on any atom is -0.493 e. The number of hydrogen-bond donors (Lipinski definition) is 0. The van der Waals surface area contributed by atoms with E-state index in [9.17, 15) is 4.79 Å². The van der Waals surface area contributed by atoms with Crippen molar-refractivity contribution in [2.75, 3.05) is 52.5 Å². The van der Waals surface area contributed by atoms with Gasteiger partial charge in [-0.3, -0.25) is 9.69 Å². The highest BCUT2D eigenvalue weighted by molar-refractivity contribution is 5.94. The molecule has 0 radical (unpaired) electrons. The average molecular weight is 383 g/mol. The average Bonchev–Trinajstić information content (AvgIpc) is 3.47. The SMILES string of the molecule is O=C(c1ccc2c(c1)CCO2)N(CCN1CCOCC1)C[C@H]1C[C@H]2C=C[C@H]1C2. The lowest BCUT2D eigenvalue weighted by Crippen LogP contribution is -2.44. The monoisotopic (exact) mass is 382 g/mol. The van der Waals surface area contributed by atoms with Crippen molar-refractivity contribution in [3.8, 4) is 5.75 Å². The summed E-state index contributed by atoms with van der Waals surface area (Å²) in [5.41, 5.74) is 1.98. The zero-order valence-corrected chi connectivity index (χ0v) is 16.5. The van der Waals surface area contributed by atoms with Crippen LogP contribution >= 0.6 is 0 Å². The minimum atomic E-state index is 0.176. The highest BCUT2D eigenvalue weighted by Gasteiger charge is 2.37. The third kappa shape index (κ3) is 3.70. The summed E-state index contributed by atoms with van der Waals surface area (Å²) in [6.45, 7) is 6.87. The van der Waals surface area contributed by atoms with Crippen molar-refractivity contribution < 1.29 is 14.3 Å². The molecule has 28 heavy (non-hydrogen) atoms. The normalized spacial score (nSPS) is 28.4. The molecule has 4 aliphatic rings. The van der Waals surface area contributed by atoms with Gasteiger partial charge in [-0.05, 0) is 54.4 Å². The van der Waals surface area contributed by atoms with Crippen molar-refractivity contribution >= 4 is 5.91 Å². The first-order valence-electron chi connectivity index (χ1n) is 10.8. The van der Waals surface area contributed by atoms with Gasteiger partial charge in [0.2, 0.25) is 0 Å². The standard InChI is InChI=1S/C23H30N2O3/c26-23(20-3-4-22-19(15-20)5-10-28-22)25(7-6-24-8-11-27-12-9-24)16-21-14-17-1-2-18(21)13-17/h1-4,15,17-18,21H,5-14,16H2/t17-,18-,21+/m0/s1.